The van der Waals surface area contributed by atoms with Gasteiger partial charge in [0, 0.05) is 5.56 Å². The fourth-order valence-corrected chi connectivity index (χ4v) is 2.71. The first-order chi connectivity index (χ1) is 7.94. The minimum absolute atomic E-state index is 0.0267. The Morgan fingerprint density at radius 3 is 2.35 bits per heavy atom. The van der Waals surface area contributed by atoms with E-state index < -0.39 is 15.6 Å². The standard InChI is InChI=1S/C12H17NO3S/c1-10-3-5-11(6-4-10)12(14)9-17(15,16)8-2-7-13/h3-6H,2,7-9,13H2,1H3. The van der Waals surface area contributed by atoms with Crippen LogP contribution in [0.5, 0.6) is 0 Å². The van der Waals surface area contributed by atoms with Crippen molar-refractivity contribution in [2.75, 3.05) is 18.1 Å². The lowest BCUT2D eigenvalue weighted by molar-refractivity contribution is 0.102. The van der Waals surface area contributed by atoms with Crippen LogP contribution in [0.4, 0.5) is 0 Å². The van der Waals surface area contributed by atoms with E-state index in [1.165, 1.54) is 0 Å². The average Bonchev–Trinajstić information content (AvgIpc) is 2.26. The molecule has 0 bridgehead atoms. The number of hydrogen-bond acceptors (Lipinski definition) is 4. The van der Waals surface area contributed by atoms with Crippen molar-refractivity contribution in [1.29, 1.82) is 0 Å². The van der Waals surface area contributed by atoms with Crippen LogP contribution >= 0.6 is 0 Å². The summed E-state index contributed by atoms with van der Waals surface area (Å²) in [5, 5.41) is 0. The van der Waals surface area contributed by atoms with Crippen molar-refractivity contribution in [2.24, 2.45) is 5.73 Å². The number of carbonyl (C=O) groups excluding carboxylic acids is 1. The van der Waals surface area contributed by atoms with Crippen LogP contribution in [0.2, 0.25) is 0 Å². The molecule has 94 valence electrons. The molecule has 17 heavy (non-hydrogen) atoms. The van der Waals surface area contributed by atoms with Crippen LogP contribution in [-0.2, 0) is 9.84 Å². The molecule has 0 heterocycles. The smallest absolute Gasteiger partial charge is 0.177 e. The zero-order valence-corrected chi connectivity index (χ0v) is 10.7. The van der Waals surface area contributed by atoms with E-state index >= 15 is 0 Å². The number of hydrogen-bond donors (Lipinski definition) is 1. The first-order valence-electron chi connectivity index (χ1n) is 5.45. The summed E-state index contributed by atoms with van der Waals surface area (Å²) < 4.78 is 23.1. The third-order valence-corrected chi connectivity index (χ3v) is 4.00. The molecule has 1 aromatic rings. The van der Waals surface area contributed by atoms with Gasteiger partial charge in [-0.15, -0.1) is 0 Å². The highest BCUT2D eigenvalue weighted by Crippen LogP contribution is 2.06. The van der Waals surface area contributed by atoms with Crippen molar-refractivity contribution in [1.82, 2.24) is 0 Å². The monoisotopic (exact) mass is 255 g/mol. The van der Waals surface area contributed by atoms with E-state index in [9.17, 15) is 13.2 Å². The quantitative estimate of drug-likeness (QED) is 0.767. The second kappa shape index (κ2) is 5.93. The fraction of sp³-hybridized carbons (Fsp3) is 0.417. The summed E-state index contributed by atoms with van der Waals surface area (Å²) in [5.41, 5.74) is 6.72. The van der Waals surface area contributed by atoms with Crippen LogP contribution in [0.1, 0.15) is 22.3 Å². The van der Waals surface area contributed by atoms with Crippen LogP contribution in [0.3, 0.4) is 0 Å². The van der Waals surface area contributed by atoms with E-state index in [1.807, 2.05) is 6.92 Å². The van der Waals surface area contributed by atoms with Gasteiger partial charge in [-0.05, 0) is 19.9 Å². The number of ketones is 1. The molecule has 0 aliphatic rings. The van der Waals surface area contributed by atoms with Gasteiger partial charge >= 0.3 is 0 Å². The fourth-order valence-electron chi connectivity index (χ4n) is 1.40. The van der Waals surface area contributed by atoms with E-state index in [0.29, 0.717) is 18.5 Å². The molecule has 0 fully saturated rings. The summed E-state index contributed by atoms with van der Waals surface area (Å²) >= 11 is 0. The molecule has 0 aliphatic heterocycles. The Bertz CT molecular complexity index is 477. The highest BCUT2D eigenvalue weighted by molar-refractivity contribution is 7.92. The number of sulfone groups is 1. The molecule has 4 nitrogen and oxygen atoms in total. The topological polar surface area (TPSA) is 77.2 Å². The summed E-state index contributed by atoms with van der Waals surface area (Å²) in [4.78, 5) is 11.7. The third kappa shape index (κ3) is 4.66. The molecule has 2 N–H and O–H groups in total. The molecule has 0 amide bonds. The molecular formula is C12H17NO3S. The van der Waals surface area contributed by atoms with Crippen LogP contribution in [-0.4, -0.2) is 32.3 Å². The first kappa shape index (κ1) is 13.9. The molecule has 0 unspecified atom stereocenters. The van der Waals surface area contributed by atoms with Crippen molar-refractivity contribution in [2.45, 2.75) is 13.3 Å². The van der Waals surface area contributed by atoms with Gasteiger partial charge in [-0.2, -0.15) is 0 Å². The van der Waals surface area contributed by atoms with Crippen molar-refractivity contribution < 1.29 is 13.2 Å². The zero-order valence-electron chi connectivity index (χ0n) is 9.85. The molecule has 1 rings (SSSR count). The normalized spacial score (nSPS) is 11.4. The van der Waals surface area contributed by atoms with E-state index in [0.717, 1.165) is 5.56 Å². The maximum atomic E-state index is 11.7. The largest absolute Gasteiger partial charge is 0.330 e. The van der Waals surface area contributed by atoms with Crippen molar-refractivity contribution >= 4 is 15.6 Å². The minimum Gasteiger partial charge on any atom is -0.330 e. The molecule has 0 atom stereocenters. The number of rotatable bonds is 6. The molecule has 0 aromatic heterocycles. The average molecular weight is 255 g/mol. The number of benzene rings is 1. The molecule has 0 saturated carbocycles. The van der Waals surface area contributed by atoms with Crippen LogP contribution in [0.25, 0.3) is 0 Å². The van der Waals surface area contributed by atoms with E-state index in [-0.39, 0.29) is 11.5 Å². The third-order valence-electron chi connectivity index (χ3n) is 2.38. The highest BCUT2D eigenvalue weighted by Gasteiger charge is 2.17. The summed E-state index contributed by atoms with van der Waals surface area (Å²) in [7, 11) is -3.33. The predicted molar refractivity (Wildman–Crippen MR) is 67.8 cm³/mol. The Balaban J connectivity index is 2.69. The van der Waals surface area contributed by atoms with Gasteiger partial charge in [0.15, 0.2) is 15.6 Å². The summed E-state index contributed by atoms with van der Waals surface area (Å²) in [6.07, 6.45) is 0.392. The number of Topliss-reactive ketones (excluding diaryl/α,β-unsaturated/α-hetero) is 1. The van der Waals surface area contributed by atoms with Gasteiger partial charge < -0.3 is 5.73 Å². The van der Waals surface area contributed by atoms with Crippen LogP contribution < -0.4 is 5.73 Å². The Morgan fingerprint density at radius 1 is 1.24 bits per heavy atom. The van der Waals surface area contributed by atoms with E-state index in [2.05, 4.69) is 0 Å². The number of aryl methyl sites for hydroxylation is 1. The van der Waals surface area contributed by atoms with Gasteiger partial charge in [-0.25, -0.2) is 8.42 Å². The first-order valence-corrected chi connectivity index (χ1v) is 7.27. The second-order valence-electron chi connectivity index (χ2n) is 4.02. The molecule has 0 aliphatic carbocycles. The SMILES string of the molecule is Cc1ccc(C(=O)CS(=O)(=O)CCCN)cc1. The molecule has 5 heteroatoms. The Kier molecular flexibility index (Phi) is 4.84. The van der Waals surface area contributed by atoms with Crippen molar-refractivity contribution in [3.8, 4) is 0 Å². The van der Waals surface area contributed by atoms with E-state index in [4.69, 9.17) is 5.73 Å². The molecular weight excluding hydrogens is 238 g/mol. The lowest BCUT2D eigenvalue weighted by Gasteiger charge is -2.03. The molecule has 0 radical (unpaired) electrons. The molecule has 0 spiro atoms. The second-order valence-corrected chi connectivity index (χ2v) is 6.21. The lowest BCUT2D eigenvalue weighted by atomic mass is 10.1. The van der Waals surface area contributed by atoms with Crippen molar-refractivity contribution in [3.05, 3.63) is 35.4 Å². The molecule has 1 aromatic carbocycles. The summed E-state index contributed by atoms with van der Waals surface area (Å²) in [6, 6.07) is 6.88. The minimum atomic E-state index is -3.33. The highest BCUT2D eigenvalue weighted by atomic mass is 32.2. The molecule has 0 saturated heterocycles. The number of nitrogens with two attached hydrogens (primary N) is 1. The predicted octanol–water partition coefficient (Wildman–Crippen LogP) is 0.941. The Labute approximate surface area is 102 Å². The van der Waals surface area contributed by atoms with Gasteiger partial charge in [0.25, 0.3) is 0 Å². The zero-order chi connectivity index (χ0) is 12.9. The van der Waals surface area contributed by atoms with Crippen LogP contribution in [0, 0.1) is 6.92 Å². The number of carbonyl (C=O) groups is 1. The van der Waals surface area contributed by atoms with Gasteiger partial charge in [-0.3, -0.25) is 4.79 Å². The Morgan fingerprint density at radius 2 is 1.82 bits per heavy atom. The van der Waals surface area contributed by atoms with Crippen molar-refractivity contribution in [3.63, 3.8) is 0 Å². The van der Waals surface area contributed by atoms with Gasteiger partial charge in [0.2, 0.25) is 0 Å². The lowest BCUT2D eigenvalue weighted by Crippen LogP contribution is -2.20. The van der Waals surface area contributed by atoms with Gasteiger partial charge in [-0.1, -0.05) is 29.8 Å². The van der Waals surface area contributed by atoms with E-state index in [1.54, 1.807) is 24.3 Å². The summed E-state index contributed by atoms with van der Waals surface area (Å²) in [6.45, 7) is 2.23. The van der Waals surface area contributed by atoms with Gasteiger partial charge in [0.05, 0.1) is 5.75 Å². The van der Waals surface area contributed by atoms with Crippen LogP contribution in [0.15, 0.2) is 24.3 Å². The Hall–Kier alpha value is -1.20. The van der Waals surface area contributed by atoms with Gasteiger partial charge in [0.1, 0.15) is 5.75 Å². The maximum Gasteiger partial charge on any atom is 0.177 e. The maximum absolute atomic E-state index is 11.7. The summed E-state index contributed by atoms with van der Waals surface area (Å²) in [5.74, 6) is -0.820.